The maximum absolute atomic E-state index is 12.1. The van der Waals surface area contributed by atoms with Crippen molar-refractivity contribution in [1.82, 2.24) is 5.32 Å². The van der Waals surface area contributed by atoms with Gasteiger partial charge in [0.2, 0.25) is 5.91 Å². The molecule has 2 aromatic rings. The minimum atomic E-state index is -0.118. The second kappa shape index (κ2) is 10.2. The molecule has 0 fully saturated rings. The summed E-state index contributed by atoms with van der Waals surface area (Å²) in [6.07, 6.45) is 0.978. The minimum Gasteiger partial charge on any atom is -0.494 e. The minimum absolute atomic E-state index is 0.118. The van der Waals surface area contributed by atoms with Crippen molar-refractivity contribution in [3.63, 3.8) is 0 Å². The number of hydrogen-bond donors (Lipinski definition) is 2. The van der Waals surface area contributed by atoms with Gasteiger partial charge in [0.1, 0.15) is 5.75 Å². The molecule has 0 aliphatic heterocycles. The third kappa shape index (κ3) is 7.39. The molecule has 0 saturated carbocycles. The van der Waals surface area contributed by atoms with Gasteiger partial charge in [-0.15, -0.1) is 0 Å². The number of carbonyl (C=O) groups excluding carboxylic acids is 1. The predicted molar refractivity (Wildman–Crippen MR) is 128 cm³/mol. The quantitative estimate of drug-likeness (QED) is 0.303. The Morgan fingerprint density at radius 3 is 2.43 bits per heavy atom. The summed E-state index contributed by atoms with van der Waals surface area (Å²) < 4.78 is 6.88. The van der Waals surface area contributed by atoms with E-state index in [0.29, 0.717) is 24.6 Å². The molecule has 0 spiro atoms. The van der Waals surface area contributed by atoms with Gasteiger partial charge in [-0.05, 0) is 95.0 Å². The van der Waals surface area contributed by atoms with Gasteiger partial charge in [-0.3, -0.25) is 4.79 Å². The van der Waals surface area contributed by atoms with E-state index in [9.17, 15) is 4.79 Å². The van der Waals surface area contributed by atoms with E-state index < -0.39 is 0 Å². The molecular weight excluding hydrogens is 483 g/mol. The average molecular weight is 510 g/mol. The van der Waals surface area contributed by atoms with Crippen LogP contribution in [-0.4, -0.2) is 17.6 Å². The van der Waals surface area contributed by atoms with Crippen molar-refractivity contribution < 1.29 is 9.53 Å². The van der Waals surface area contributed by atoms with Crippen LogP contribution in [0.15, 0.2) is 42.5 Å². The van der Waals surface area contributed by atoms with Crippen LogP contribution < -0.4 is 15.4 Å². The number of nitrogens with one attached hydrogen (secondary N) is 2. The summed E-state index contributed by atoms with van der Waals surface area (Å²) in [5, 5.41) is 6.10. The lowest BCUT2D eigenvalue weighted by Gasteiger charge is -2.19. The zero-order valence-electron chi connectivity index (χ0n) is 16.8. The summed E-state index contributed by atoms with van der Waals surface area (Å²) in [7, 11) is 0. The number of amides is 1. The molecule has 0 saturated heterocycles. The summed E-state index contributed by atoms with van der Waals surface area (Å²) in [4.78, 5) is 12.1. The number of halogens is 1. The topological polar surface area (TPSA) is 50.4 Å². The molecule has 0 heterocycles. The van der Waals surface area contributed by atoms with Crippen LogP contribution in [0.2, 0.25) is 0 Å². The number of ether oxygens (including phenoxy) is 1. The number of thiocarbonyl (C=S) groups is 1. The molecule has 0 aliphatic carbocycles. The molecule has 0 bridgehead atoms. The lowest BCUT2D eigenvalue weighted by molar-refractivity contribution is -0.119. The van der Waals surface area contributed by atoms with Crippen molar-refractivity contribution in [2.75, 3.05) is 11.9 Å². The van der Waals surface area contributed by atoms with Gasteiger partial charge in [-0.1, -0.05) is 32.9 Å². The van der Waals surface area contributed by atoms with Gasteiger partial charge in [-0.25, -0.2) is 0 Å². The van der Waals surface area contributed by atoms with E-state index in [2.05, 4.69) is 72.2 Å². The third-order valence-electron chi connectivity index (χ3n) is 4.23. The number of hydrogen-bond acceptors (Lipinski definition) is 3. The lowest BCUT2D eigenvalue weighted by Crippen LogP contribution is -2.34. The highest BCUT2D eigenvalue weighted by molar-refractivity contribution is 14.1. The van der Waals surface area contributed by atoms with Crippen molar-refractivity contribution in [3.8, 4) is 5.75 Å². The first-order chi connectivity index (χ1) is 13.1. The van der Waals surface area contributed by atoms with E-state index >= 15 is 0 Å². The molecule has 6 heteroatoms. The summed E-state index contributed by atoms with van der Waals surface area (Å²) in [6.45, 7) is 9.03. The second-order valence-electron chi connectivity index (χ2n) is 7.69. The second-order valence-corrected chi connectivity index (χ2v) is 9.34. The number of benzene rings is 2. The van der Waals surface area contributed by atoms with Crippen LogP contribution >= 0.6 is 34.8 Å². The zero-order valence-corrected chi connectivity index (χ0v) is 19.7. The normalized spacial score (nSPS) is 11.0. The van der Waals surface area contributed by atoms with Crippen molar-refractivity contribution in [1.29, 1.82) is 0 Å². The monoisotopic (exact) mass is 510 g/mol. The molecule has 0 aliphatic rings. The standard InChI is InChI=1S/C22H27IN2O2S/c1-15-14-17(23)9-12-19(15)24-21(28)25-20(26)6-5-13-27-18-10-7-16(8-11-18)22(2,3)4/h7-12,14H,5-6,13H2,1-4H3,(H2,24,25,26,28). The average Bonchev–Trinajstić information content (AvgIpc) is 2.61. The Balaban J connectivity index is 1.70. The molecule has 1 amide bonds. The highest BCUT2D eigenvalue weighted by atomic mass is 127. The first kappa shape index (κ1) is 22.6. The highest BCUT2D eigenvalue weighted by Gasteiger charge is 2.13. The summed E-state index contributed by atoms with van der Waals surface area (Å²) >= 11 is 7.49. The number of anilines is 1. The van der Waals surface area contributed by atoms with Crippen LogP contribution in [-0.2, 0) is 10.2 Å². The smallest absolute Gasteiger partial charge is 0.226 e. The Kier molecular flexibility index (Phi) is 8.24. The third-order valence-corrected chi connectivity index (χ3v) is 5.10. The Morgan fingerprint density at radius 1 is 1.14 bits per heavy atom. The number of rotatable bonds is 6. The Hall–Kier alpha value is -1.67. The SMILES string of the molecule is Cc1cc(I)ccc1NC(=S)NC(=O)CCCOc1ccc(C(C)(C)C)cc1. The molecule has 0 atom stereocenters. The fraction of sp³-hybridized carbons (Fsp3) is 0.364. The summed E-state index contributed by atoms with van der Waals surface area (Å²) in [5.74, 6) is 0.701. The molecule has 2 aromatic carbocycles. The van der Waals surface area contributed by atoms with Crippen LogP contribution in [0, 0.1) is 10.5 Å². The molecule has 150 valence electrons. The van der Waals surface area contributed by atoms with Gasteiger partial charge >= 0.3 is 0 Å². The van der Waals surface area contributed by atoms with E-state index in [0.717, 1.165) is 20.6 Å². The summed E-state index contributed by atoms with van der Waals surface area (Å²) in [5.41, 5.74) is 3.37. The molecule has 2 N–H and O–H groups in total. The van der Waals surface area contributed by atoms with Gasteiger partial charge in [-0.2, -0.15) is 0 Å². The van der Waals surface area contributed by atoms with Crippen LogP contribution in [0.3, 0.4) is 0 Å². The maximum Gasteiger partial charge on any atom is 0.226 e. The van der Waals surface area contributed by atoms with Gasteiger partial charge < -0.3 is 15.4 Å². The summed E-state index contributed by atoms with van der Waals surface area (Å²) in [6, 6.07) is 14.1. The van der Waals surface area contributed by atoms with Gasteiger partial charge in [0, 0.05) is 15.7 Å². The molecule has 0 unspecified atom stereocenters. The fourth-order valence-corrected chi connectivity index (χ4v) is 3.45. The number of aryl methyl sites for hydroxylation is 1. The largest absolute Gasteiger partial charge is 0.494 e. The molecule has 2 rings (SSSR count). The molecule has 0 radical (unpaired) electrons. The van der Waals surface area contributed by atoms with Crippen molar-refractivity contribution in [3.05, 3.63) is 57.2 Å². The first-order valence-electron chi connectivity index (χ1n) is 9.25. The van der Waals surface area contributed by atoms with Crippen molar-refractivity contribution >= 4 is 51.5 Å². The van der Waals surface area contributed by atoms with Crippen LogP contribution in [0.1, 0.15) is 44.7 Å². The molecule has 0 aromatic heterocycles. The van der Waals surface area contributed by atoms with Crippen molar-refractivity contribution in [2.45, 2.75) is 46.0 Å². The van der Waals surface area contributed by atoms with Crippen LogP contribution in [0.4, 0.5) is 5.69 Å². The zero-order chi connectivity index (χ0) is 20.7. The van der Waals surface area contributed by atoms with E-state index in [1.54, 1.807) is 0 Å². The van der Waals surface area contributed by atoms with E-state index in [1.165, 1.54) is 5.56 Å². The Labute approximate surface area is 186 Å². The van der Waals surface area contributed by atoms with Crippen molar-refractivity contribution in [2.24, 2.45) is 0 Å². The highest BCUT2D eigenvalue weighted by Crippen LogP contribution is 2.24. The lowest BCUT2D eigenvalue weighted by atomic mass is 9.87. The molecule has 28 heavy (non-hydrogen) atoms. The maximum atomic E-state index is 12.1. The predicted octanol–water partition coefficient (Wildman–Crippen LogP) is 5.57. The van der Waals surface area contributed by atoms with Gasteiger partial charge in [0.15, 0.2) is 5.11 Å². The van der Waals surface area contributed by atoms with E-state index in [4.69, 9.17) is 17.0 Å². The Morgan fingerprint density at radius 2 is 1.82 bits per heavy atom. The fourth-order valence-electron chi connectivity index (χ4n) is 2.58. The Bertz CT molecular complexity index is 829. The first-order valence-corrected chi connectivity index (χ1v) is 10.7. The van der Waals surface area contributed by atoms with Gasteiger partial charge in [0.25, 0.3) is 0 Å². The van der Waals surface area contributed by atoms with E-state index in [-0.39, 0.29) is 11.3 Å². The van der Waals surface area contributed by atoms with Gasteiger partial charge in [0.05, 0.1) is 6.61 Å². The molecule has 4 nitrogen and oxygen atoms in total. The van der Waals surface area contributed by atoms with Crippen LogP contribution in [0.25, 0.3) is 0 Å². The van der Waals surface area contributed by atoms with E-state index in [1.807, 2.05) is 31.2 Å². The number of carbonyl (C=O) groups is 1. The van der Waals surface area contributed by atoms with Crippen LogP contribution in [0.5, 0.6) is 5.75 Å². The molecular formula is C22H27IN2O2S.